The van der Waals surface area contributed by atoms with Crippen molar-refractivity contribution in [3.8, 4) is 0 Å². The number of nitrogens with two attached hydrogens (primary N) is 1. The molecule has 0 aliphatic carbocycles. The Hall–Kier alpha value is -1.25. The third-order valence-electron chi connectivity index (χ3n) is 2.72. The second-order valence-corrected chi connectivity index (χ2v) is 6.58. The van der Waals surface area contributed by atoms with E-state index >= 15 is 0 Å². The van der Waals surface area contributed by atoms with Crippen LogP contribution in [0.25, 0.3) is 0 Å². The summed E-state index contributed by atoms with van der Waals surface area (Å²) in [6.45, 7) is 8.10. The van der Waals surface area contributed by atoms with Crippen LogP contribution in [0.2, 0.25) is 0 Å². The molecule has 0 radical (unpaired) electrons. The molecule has 2 heterocycles. The molecule has 0 bridgehead atoms. The van der Waals surface area contributed by atoms with E-state index in [1.165, 1.54) is 23.3 Å². The van der Waals surface area contributed by atoms with Gasteiger partial charge in [-0.15, -0.1) is 0 Å². The van der Waals surface area contributed by atoms with Gasteiger partial charge >= 0.3 is 0 Å². The Balaban J connectivity index is 2.36. The van der Waals surface area contributed by atoms with Gasteiger partial charge in [0.2, 0.25) is 0 Å². The predicted molar refractivity (Wildman–Crippen MR) is 82.1 cm³/mol. The van der Waals surface area contributed by atoms with Crippen LogP contribution in [0.15, 0.2) is 9.37 Å². The monoisotopic (exact) mass is 310 g/mol. The van der Waals surface area contributed by atoms with Crippen molar-refractivity contribution >= 4 is 29.1 Å². The zero-order valence-corrected chi connectivity index (χ0v) is 13.6. The summed E-state index contributed by atoms with van der Waals surface area (Å²) in [4.78, 5) is 13.5. The Bertz CT molecular complexity index is 596. The van der Waals surface area contributed by atoms with Gasteiger partial charge in [0, 0.05) is 17.9 Å². The molecule has 0 aliphatic rings. The lowest BCUT2D eigenvalue weighted by Gasteiger charge is -2.12. The van der Waals surface area contributed by atoms with Crippen molar-refractivity contribution in [1.82, 2.24) is 19.3 Å². The first kappa shape index (κ1) is 15.1. The third-order valence-corrected chi connectivity index (χ3v) is 4.60. The van der Waals surface area contributed by atoms with E-state index in [1.54, 1.807) is 0 Å². The minimum Gasteiger partial charge on any atom is -0.308 e. The lowest BCUT2D eigenvalue weighted by atomic mass is 10.2. The quantitative estimate of drug-likeness (QED) is 0.498. The van der Waals surface area contributed by atoms with E-state index in [1.807, 2.05) is 13.8 Å². The van der Waals surface area contributed by atoms with E-state index < -0.39 is 0 Å². The molecule has 20 heavy (non-hydrogen) atoms. The Labute approximate surface area is 126 Å². The molecule has 108 valence electrons. The van der Waals surface area contributed by atoms with Gasteiger partial charge in [0.05, 0.1) is 0 Å². The highest BCUT2D eigenvalue weighted by Crippen LogP contribution is 2.33. The summed E-state index contributed by atoms with van der Waals surface area (Å²) in [5.74, 6) is 8.07. The van der Waals surface area contributed by atoms with Crippen molar-refractivity contribution in [3.05, 3.63) is 17.2 Å². The van der Waals surface area contributed by atoms with Crippen LogP contribution in [0.1, 0.15) is 43.9 Å². The first-order valence-electron chi connectivity index (χ1n) is 6.40. The van der Waals surface area contributed by atoms with Crippen LogP contribution in [0.3, 0.4) is 0 Å². The Morgan fingerprint density at radius 1 is 1.30 bits per heavy atom. The molecule has 2 rings (SSSR count). The molecule has 0 saturated carbocycles. The highest BCUT2D eigenvalue weighted by molar-refractivity contribution is 8.00. The standard InChI is InChI=1S/C12H18N6S2/c1-5-8-14-12(20-18-8)19-11-7(4)10(17-13)15-9(16-11)6(2)3/h6H,5,13H2,1-4H3,(H,15,16,17). The van der Waals surface area contributed by atoms with E-state index in [9.17, 15) is 0 Å². The number of hydrazine groups is 1. The van der Waals surface area contributed by atoms with Gasteiger partial charge in [0.15, 0.2) is 4.34 Å². The van der Waals surface area contributed by atoms with Crippen molar-refractivity contribution in [1.29, 1.82) is 0 Å². The van der Waals surface area contributed by atoms with E-state index in [4.69, 9.17) is 5.84 Å². The summed E-state index contributed by atoms with van der Waals surface area (Å²) >= 11 is 2.90. The molecule has 0 aromatic carbocycles. The fourth-order valence-corrected chi connectivity index (χ4v) is 3.22. The molecular weight excluding hydrogens is 292 g/mol. The van der Waals surface area contributed by atoms with Crippen LogP contribution in [0, 0.1) is 6.92 Å². The number of aromatic nitrogens is 4. The molecule has 0 amide bonds. The molecule has 0 spiro atoms. The van der Waals surface area contributed by atoms with Crippen molar-refractivity contribution in [2.45, 2.75) is 49.4 Å². The van der Waals surface area contributed by atoms with E-state index in [0.717, 1.165) is 33.0 Å². The number of nitrogens with zero attached hydrogens (tertiary/aromatic N) is 4. The van der Waals surface area contributed by atoms with Gasteiger partial charge < -0.3 is 5.43 Å². The maximum atomic E-state index is 5.53. The van der Waals surface area contributed by atoms with Gasteiger partial charge in [-0.2, -0.15) is 4.37 Å². The number of hydrogen-bond acceptors (Lipinski definition) is 8. The maximum absolute atomic E-state index is 5.53. The van der Waals surface area contributed by atoms with Gasteiger partial charge in [-0.1, -0.05) is 20.8 Å². The van der Waals surface area contributed by atoms with E-state index in [0.29, 0.717) is 5.82 Å². The SMILES string of the molecule is CCc1nsc(Sc2nc(C(C)C)nc(NN)c2C)n1. The Kier molecular flexibility index (Phi) is 4.90. The molecule has 2 aromatic heterocycles. The lowest BCUT2D eigenvalue weighted by Crippen LogP contribution is -2.13. The molecule has 2 aromatic rings. The highest BCUT2D eigenvalue weighted by atomic mass is 32.2. The molecule has 6 nitrogen and oxygen atoms in total. The van der Waals surface area contributed by atoms with Crippen molar-refractivity contribution in [2.75, 3.05) is 5.43 Å². The zero-order valence-electron chi connectivity index (χ0n) is 12.0. The summed E-state index contributed by atoms with van der Waals surface area (Å²) in [6, 6.07) is 0. The predicted octanol–water partition coefficient (Wildman–Crippen LogP) is 2.76. The van der Waals surface area contributed by atoms with Crippen LogP contribution >= 0.6 is 23.3 Å². The van der Waals surface area contributed by atoms with Gasteiger partial charge in [-0.05, 0) is 30.2 Å². The first-order valence-corrected chi connectivity index (χ1v) is 7.99. The van der Waals surface area contributed by atoms with Crippen molar-refractivity contribution < 1.29 is 0 Å². The van der Waals surface area contributed by atoms with Crippen LogP contribution in [0.4, 0.5) is 5.82 Å². The van der Waals surface area contributed by atoms with Gasteiger partial charge in [0.1, 0.15) is 22.5 Å². The van der Waals surface area contributed by atoms with Crippen LogP contribution < -0.4 is 11.3 Å². The summed E-state index contributed by atoms with van der Waals surface area (Å²) in [5.41, 5.74) is 3.56. The highest BCUT2D eigenvalue weighted by Gasteiger charge is 2.15. The summed E-state index contributed by atoms with van der Waals surface area (Å²) in [6.07, 6.45) is 0.840. The average Bonchev–Trinajstić information content (AvgIpc) is 2.88. The number of nitrogens with one attached hydrogen (secondary N) is 1. The van der Waals surface area contributed by atoms with Gasteiger partial charge in [-0.25, -0.2) is 20.8 Å². The zero-order chi connectivity index (χ0) is 14.7. The molecule has 0 aliphatic heterocycles. The fraction of sp³-hybridized carbons (Fsp3) is 0.500. The number of anilines is 1. The second-order valence-electron chi connectivity index (χ2n) is 4.59. The first-order chi connectivity index (χ1) is 9.55. The van der Waals surface area contributed by atoms with Gasteiger partial charge in [0.25, 0.3) is 0 Å². The second kappa shape index (κ2) is 6.47. The largest absolute Gasteiger partial charge is 0.308 e. The molecule has 0 atom stereocenters. The molecular formula is C12H18N6S2. The Morgan fingerprint density at radius 2 is 2.05 bits per heavy atom. The van der Waals surface area contributed by atoms with E-state index in [-0.39, 0.29) is 5.92 Å². The number of rotatable bonds is 5. The smallest absolute Gasteiger partial charge is 0.176 e. The molecule has 8 heteroatoms. The normalized spacial score (nSPS) is 11.1. The maximum Gasteiger partial charge on any atom is 0.176 e. The number of nitrogen functional groups attached to an aromatic ring is 1. The Morgan fingerprint density at radius 3 is 2.60 bits per heavy atom. The molecule has 0 fully saturated rings. The van der Waals surface area contributed by atoms with Crippen molar-refractivity contribution in [2.24, 2.45) is 5.84 Å². The minimum atomic E-state index is 0.239. The number of aryl methyl sites for hydroxylation is 1. The summed E-state index contributed by atoms with van der Waals surface area (Å²) < 4.78 is 5.18. The third kappa shape index (κ3) is 3.25. The lowest BCUT2D eigenvalue weighted by molar-refractivity contribution is 0.748. The number of hydrogen-bond donors (Lipinski definition) is 2. The van der Waals surface area contributed by atoms with Crippen LogP contribution in [-0.2, 0) is 6.42 Å². The van der Waals surface area contributed by atoms with Gasteiger partial charge in [-0.3, -0.25) is 0 Å². The fourth-order valence-electron chi connectivity index (χ4n) is 1.52. The summed E-state index contributed by atoms with van der Waals surface area (Å²) in [7, 11) is 0. The topological polar surface area (TPSA) is 89.6 Å². The minimum absolute atomic E-state index is 0.239. The van der Waals surface area contributed by atoms with Crippen LogP contribution in [0.5, 0.6) is 0 Å². The molecule has 3 N–H and O–H groups in total. The average molecular weight is 310 g/mol. The van der Waals surface area contributed by atoms with E-state index in [2.05, 4.69) is 38.6 Å². The molecule has 0 unspecified atom stereocenters. The van der Waals surface area contributed by atoms with Crippen molar-refractivity contribution in [3.63, 3.8) is 0 Å². The summed E-state index contributed by atoms with van der Waals surface area (Å²) in [5, 5.41) is 0.871. The molecule has 0 saturated heterocycles. The van der Waals surface area contributed by atoms with Crippen LogP contribution in [-0.4, -0.2) is 19.3 Å².